The lowest BCUT2D eigenvalue weighted by molar-refractivity contribution is -0.137. The van der Waals surface area contributed by atoms with Crippen LogP contribution in [0.15, 0.2) is 0 Å². The Morgan fingerprint density at radius 2 is 1.81 bits per heavy atom. The van der Waals surface area contributed by atoms with E-state index in [0.29, 0.717) is 6.42 Å². The molecule has 1 saturated heterocycles. The van der Waals surface area contributed by atoms with Crippen LogP contribution < -0.4 is 11.1 Å². The summed E-state index contributed by atoms with van der Waals surface area (Å²) in [6, 6.07) is -0.284. The van der Waals surface area contributed by atoms with Gasteiger partial charge in [-0.3, -0.25) is 9.59 Å². The highest BCUT2D eigenvalue weighted by atomic mass is 16.2. The minimum absolute atomic E-state index is 0.0322. The normalized spacial score (nSPS) is 28.0. The molecule has 5 nitrogen and oxygen atoms in total. The Labute approximate surface area is 127 Å². The summed E-state index contributed by atoms with van der Waals surface area (Å²) >= 11 is 0. The average molecular weight is 295 g/mol. The molecule has 1 aliphatic heterocycles. The Morgan fingerprint density at radius 1 is 1.14 bits per heavy atom. The van der Waals surface area contributed by atoms with E-state index in [1.54, 1.807) is 6.92 Å². The number of carbonyl (C=O) groups excluding carboxylic acids is 2. The maximum absolute atomic E-state index is 12.3. The van der Waals surface area contributed by atoms with Crippen LogP contribution in [0.1, 0.15) is 58.3 Å². The molecule has 3 N–H and O–H groups in total. The second-order valence-electron chi connectivity index (χ2n) is 6.59. The molecule has 2 aliphatic rings. The van der Waals surface area contributed by atoms with Gasteiger partial charge in [0.05, 0.1) is 0 Å². The van der Waals surface area contributed by atoms with Gasteiger partial charge >= 0.3 is 0 Å². The molecule has 0 bridgehead atoms. The van der Waals surface area contributed by atoms with Crippen LogP contribution in [0.25, 0.3) is 0 Å². The number of likely N-dealkylation sites (tertiary alicyclic amines) is 1. The number of nitrogens with zero attached hydrogens (tertiary/aromatic N) is 1. The predicted molar refractivity (Wildman–Crippen MR) is 82.6 cm³/mol. The molecule has 120 valence electrons. The van der Waals surface area contributed by atoms with E-state index in [0.717, 1.165) is 45.2 Å². The fourth-order valence-electron chi connectivity index (χ4n) is 3.48. The minimum Gasteiger partial charge on any atom is -0.345 e. The highest BCUT2D eigenvalue weighted by Gasteiger charge is 2.27. The van der Waals surface area contributed by atoms with Crippen LogP contribution in [0.3, 0.4) is 0 Å². The first-order valence-electron chi connectivity index (χ1n) is 8.41. The van der Waals surface area contributed by atoms with E-state index in [2.05, 4.69) is 5.32 Å². The summed E-state index contributed by atoms with van der Waals surface area (Å²) in [6.45, 7) is 3.44. The molecule has 0 aromatic rings. The molecule has 5 heteroatoms. The molecule has 1 aliphatic carbocycles. The van der Waals surface area contributed by atoms with Crippen molar-refractivity contribution in [1.29, 1.82) is 0 Å². The van der Waals surface area contributed by atoms with Crippen molar-refractivity contribution >= 4 is 11.8 Å². The van der Waals surface area contributed by atoms with Crippen molar-refractivity contribution in [1.82, 2.24) is 10.2 Å². The zero-order chi connectivity index (χ0) is 15.2. The first-order valence-corrected chi connectivity index (χ1v) is 8.41. The molecule has 2 fully saturated rings. The second kappa shape index (κ2) is 7.78. The highest BCUT2D eigenvalue weighted by molar-refractivity contribution is 5.87. The van der Waals surface area contributed by atoms with Crippen molar-refractivity contribution < 1.29 is 9.59 Å². The lowest BCUT2D eigenvalue weighted by Crippen LogP contribution is -2.49. The van der Waals surface area contributed by atoms with Crippen molar-refractivity contribution in [3.63, 3.8) is 0 Å². The maximum Gasteiger partial charge on any atom is 0.244 e. The van der Waals surface area contributed by atoms with Gasteiger partial charge in [-0.15, -0.1) is 0 Å². The van der Waals surface area contributed by atoms with Crippen molar-refractivity contribution in [2.75, 3.05) is 13.1 Å². The van der Waals surface area contributed by atoms with Crippen molar-refractivity contribution in [2.24, 2.45) is 11.7 Å². The molecule has 0 radical (unpaired) electrons. The quantitative estimate of drug-likeness (QED) is 0.823. The molecular formula is C16H29N3O2. The Bertz CT molecular complexity index is 367. The van der Waals surface area contributed by atoms with Gasteiger partial charge < -0.3 is 16.0 Å². The molecule has 3 unspecified atom stereocenters. The average Bonchev–Trinajstić information content (AvgIpc) is 2.49. The van der Waals surface area contributed by atoms with Gasteiger partial charge in [0.1, 0.15) is 6.04 Å². The summed E-state index contributed by atoms with van der Waals surface area (Å²) in [6.07, 6.45) is 8.18. The third-order valence-electron chi connectivity index (χ3n) is 4.83. The van der Waals surface area contributed by atoms with Gasteiger partial charge in [-0.1, -0.05) is 12.8 Å². The minimum atomic E-state index is -0.421. The second-order valence-corrected chi connectivity index (χ2v) is 6.59. The molecule has 2 amide bonds. The monoisotopic (exact) mass is 295 g/mol. The van der Waals surface area contributed by atoms with E-state index in [1.807, 2.05) is 4.90 Å². The summed E-state index contributed by atoms with van der Waals surface area (Å²) in [4.78, 5) is 26.3. The molecule has 1 saturated carbocycles. The van der Waals surface area contributed by atoms with Crippen LogP contribution in [0.4, 0.5) is 0 Å². The van der Waals surface area contributed by atoms with E-state index in [-0.39, 0.29) is 23.8 Å². The van der Waals surface area contributed by atoms with E-state index < -0.39 is 6.04 Å². The molecular weight excluding hydrogens is 266 g/mol. The lowest BCUT2D eigenvalue weighted by Gasteiger charge is -2.30. The lowest BCUT2D eigenvalue weighted by atomic mass is 9.83. The topological polar surface area (TPSA) is 75.4 Å². The summed E-state index contributed by atoms with van der Waals surface area (Å²) in [5.41, 5.74) is 6.08. The fraction of sp³-hybridized carbons (Fsp3) is 0.875. The summed E-state index contributed by atoms with van der Waals surface area (Å²) in [7, 11) is 0. The fourth-order valence-corrected chi connectivity index (χ4v) is 3.48. The summed E-state index contributed by atoms with van der Waals surface area (Å²) < 4.78 is 0. The van der Waals surface area contributed by atoms with Gasteiger partial charge in [0.2, 0.25) is 11.8 Å². The first-order chi connectivity index (χ1) is 10.1. The summed E-state index contributed by atoms with van der Waals surface area (Å²) in [5.74, 6) is 0.294. The van der Waals surface area contributed by atoms with Crippen molar-refractivity contribution in [2.45, 2.75) is 70.4 Å². The first kappa shape index (κ1) is 16.3. The van der Waals surface area contributed by atoms with Gasteiger partial charge in [-0.2, -0.15) is 0 Å². The number of amides is 2. The largest absolute Gasteiger partial charge is 0.345 e. The van der Waals surface area contributed by atoms with Crippen molar-refractivity contribution in [3.8, 4) is 0 Å². The molecule has 21 heavy (non-hydrogen) atoms. The highest BCUT2D eigenvalue weighted by Crippen LogP contribution is 2.25. The summed E-state index contributed by atoms with van der Waals surface area (Å²) in [5, 5.41) is 2.86. The number of hydrogen-bond donors (Lipinski definition) is 2. The van der Waals surface area contributed by atoms with E-state index in [4.69, 9.17) is 5.73 Å². The SMILES string of the molecule is CC(NC(=O)CC1CCCCC1N)C(=O)N1CCCCC1. The number of hydrogen-bond acceptors (Lipinski definition) is 3. The predicted octanol–water partition coefficient (Wildman–Crippen LogP) is 1.41. The molecule has 0 spiro atoms. The van der Waals surface area contributed by atoms with Gasteiger partial charge in [0, 0.05) is 25.6 Å². The molecule has 0 aromatic heterocycles. The third-order valence-corrected chi connectivity index (χ3v) is 4.83. The Hall–Kier alpha value is -1.10. The van der Waals surface area contributed by atoms with Crippen LogP contribution in [-0.4, -0.2) is 41.9 Å². The van der Waals surface area contributed by atoms with Crippen molar-refractivity contribution in [3.05, 3.63) is 0 Å². The number of carbonyl (C=O) groups is 2. The maximum atomic E-state index is 12.3. The van der Waals surface area contributed by atoms with Gasteiger partial charge in [-0.05, 0) is 44.9 Å². The number of piperidine rings is 1. The van der Waals surface area contributed by atoms with Gasteiger partial charge in [0.25, 0.3) is 0 Å². The van der Waals surface area contributed by atoms with E-state index >= 15 is 0 Å². The number of rotatable bonds is 4. The van der Waals surface area contributed by atoms with Crippen LogP contribution >= 0.6 is 0 Å². The van der Waals surface area contributed by atoms with E-state index in [9.17, 15) is 9.59 Å². The zero-order valence-electron chi connectivity index (χ0n) is 13.1. The molecule has 2 rings (SSSR count). The Kier molecular flexibility index (Phi) is 6.03. The number of nitrogens with two attached hydrogens (primary N) is 1. The van der Waals surface area contributed by atoms with Crippen LogP contribution in [-0.2, 0) is 9.59 Å². The van der Waals surface area contributed by atoms with E-state index in [1.165, 1.54) is 12.8 Å². The Morgan fingerprint density at radius 3 is 2.48 bits per heavy atom. The van der Waals surface area contributed by atoms with Crippen LogP contribution in [0.2, 0.25) is 0 Å². The van der Waals surface area contributed by atoms with Gasteiger partial charge in [-0.25, -0.2) is 0 Å². The van der Waals surface area contributed by atoms with Crippen LogP contribution in [0.5, 0.6) is 0 Å². The smallest absolute Gasteiger partial charge is 0.244 e. The third kappa shape index (κ3) is 4.70. The number of nitrogens with one attached hydrogen (secondary N) is 1. The molecule has 1 heterocycles. The molecule has 0 aromatic carbocycles. The van der Waals surface area contributed by atoms with Crippen LogP contribution in [0, 0.1) is 5.92 Å². The zero-order valence-corrected chi connectivity index (χ0v) is 13.1. The van der Waals surface area contributed by atoms with Gasteiger partial charge in [0.15, 0.2) is 0 Å². The standard InChI is InChI=1S/C16H29N3O2/c1-12(16(21)19-9-5-2-6-10-19)18-15(20)11-13-7-3-4-8-14(13)17/h12-14H,2-11,17H2,1H3,(H,18,20). The molecule has 3 atom stereocenters. The Balaban J connectivity index is 1.76.